The van der Waals surface area contributed by atoms with Crippen LogP contribution < -0.4 is 4.80 Å². The van der Waals surface area contributed by atoms with Crippen LogP contribution in [0.25, 0.3) is 10.8 Å². The van der Waals surface area contributed by atoms with E-state index in [0.717, 1.165) is 28.5 Å². The Labute approximate surface area is 206 Å². The molecular formula is C23H24ClN3O5S2. The van der Waals surface area contributed by atoms with Gasteiger partial charge in [0.1, 0.15) is 0 Å². The van der Waals surface area contributed by atoms with E-state index in [9.17, 15) is 18.0 Å². The van der Waals surface area contributed by atoms with Gasteiger partial charge in [-0.2, -0.15) is 0 Å². The fourth-order valence-electron chi connectivity index (χ4n) is 4.12. The van der Waals surface area contributed by atoms with Gasteiger partial charge in [0.15, 0.2) is 14.6 Å². The standard InChI is InChI=1S/C23H24ClN3O5S2/c1-26-14-20(33-22(26)25-23(29)30)15-6-9-27(10-7-15)21(28)8-11-34(31,32)19-5-3-16-12-18(24)4-2-17(16)13-19/h2-5,12-15H,6-11H2,1H3,(H,29,30)/b25-22-. The smallest absolute Gasteiger partial charge is 0.433 e. The number of hydrogen-bond acceptors (Lipinski definition) is 5. The first-order valence-corrected chi connectivity index (χ1v) is 13.6. The van der Waals surface area contributed by atoms with Crippen molar-refractivity contribution in [3.8, 4) is 0 Å². The number of carbonyl (C=O) groups is 2. The predicted molar refractivity (Wildman–Crippen MR) is 131 cm³/mol. The van der Waals surface area contributed by atoms with Gasteiger partial charge in [-0.05, 0) is 53.8 Å². The lowest BCUT2D eigenvalue weighted by molar-refractivity contribution is -0.131. The normalized spacial score (nSPS) is 15.7. The molecule has 11 heteroatoms. The molecule has 1 aliphatic heterocycles. The minimum absolute atomic E-state index is 0.0682. The molecule has 0 aliphatic carbocycles. The third kappa shape index (κ3) is 5.51. The van der Waals surface area contributed by atoms with Crippen LogP contribution >= 0.6 is 22.9 Å². The summed E-state index contributed by atoms with van der Waals surface area (Å²) in [7, 11) is -1.85. The number of fused-ring (bicyclic) bond motifs is 1. The molecule has 0 spiro atoms. The Kier molecular flexibility index (Phi) is 7.11. The second kappa shape index (κ2) is 9.89. The molecule has 8 nitrogen and oxygen atoms in total. The Balaban J connectivity index is 1.35. The van der Waals surface area contributed by atoms with Crippen molar-refractivity contribution in [2.24, 2.45) is 12.0 Å². The van der Waals surface area contributed by atoms with E-state index in [1.807, 2.05) is 6.20 Å². The highest BCUT2D eigenvalue weighted by Crippen LogP contribution is 2.30. The highest BCUT2D eigenvalue weighted by Gasteiger charge is 2.26. The number of carbonyl (C=O) groups excluding carboxylic acids is 1. The van der Waals surface area contributed by atoms with Crippen LogP contribution in [-0.2, 0) is 21.7 Å². The molecule has 0 bridgehead atoms. The molecular weight excluding hydrogens is 498 g/mol. The first-order valence-electron chi connectivity index (χ1n) is 10.8. The van der Waals surface area contributed by atoms with Crippen LogP contribution in [0, 0.1) is 0 Å². The number of aryl methyl sites for hydroxylation is 1. The summed E-state index contributed by atoms with van der Waals surface area (Å²) >= 11 is 7.33. The number of halogens is 1. The van der Waals surface area contributed by atoms with Crippen LogP contribution in [0.1, 0.15) is 30.1 Å². The summed E-state index contributed by atoms with van der Waals surface area (Å²) in [5.74, 6) is -0.202. The van der Waals surface area contributed by atoms with Crippen LogP contribution in [0.2, 0.25) is 5.02 Å². The number of hydrogen-bond donors (Lipinski definition) is 1. The Hall–Kier alpha value is -2.69. The highest BCUT2D eigenvalue weighted by molar-refractivity contribution is 7.91. The van der Waals surface area contributed by atoms with E-state index in [1.54, 1.807) is 52.9 Å². The summed E-state index contributed by atoms with van der Waals surface area (Å²) in [5, 5.41) is 11.1. The van der Waals surface area contributed by atoms with Crippen molar-refractivity contribution in [3.05, 3.63) is 57.3 Å². The molecule has 2 amide bonds. The lowest BCUT2D eigenvalue weighted by atomic mass is 9.95. The van der Waals surface area contributed by atoms with Crippen LogP contribution in [0.5, 0.6) is 0 Å². The Morgan fingerprint density at radius 1 is 1.15 bits per heavy atom. The molecule has 34 heavy (non-hydrogen) atoms. The summed E-state index contributed by atoms with van der Waals surface area (Å²) in [6, 6.07) is 10.2. The SMILES string of the molecule is Cn1cc(C2CCN(C(=O)CCS(=O)(=O)c3ccc4cc(Cl)ccc4c3)CC2)s/c1=N\C(=O)O. The largest absolute Gasteiger partial charge is 0.463 e. The number of aromatic nitrogens is 1. The Morgan fingerprint density at radius 2 is 1.82 bits per heavy atom. The average Bonchev–Trinajstić information content (AvgIpc) is 3.16. The third-order valence-electron chi connectivity index (χ3n) is 5.99. The highest BCUT2D eigenvalue weighted by atomic mass is 35.5. The van der Waals surface area contributed by atoms with Crippen molar-refractivity contribution >= 4 is 55.5 Å². The van der Waals surface area contributed by atoms with Crippen molar-refractivity contribution in [3.63, 3.8) is 0 Å². The van der Waals surface area contributed by atoms with Crippen molar-refractivity contribution in [2.75, 3.05) is 18.8 Å². The van der Waals surface area contributed by atoms with E-state index in [2.05, 4.69) is 4.99 Å². The average molecular weight is 522 g/mol. The molecule has 4 rings (SSSR count). The van der Waals surface area contributed by atoms with E-state index in [-0.39, 0.29) is 28.9 Å². The number of carboxylic acid groups (broad SMARTS) is 1. The van der Waals surface area contributed by atoms with Crippen LogP contribution in [0.3, 0.4) is 0 Å². The molecule has 0 radical (unpaired) electrons. The van der Waals surface area contributed by atoms with E-state index >= 15 is 0 Å². The van der Waals surface area contributed by atoms with Crippen LogP contribution in [-0.4, -0.2) is 53.8 Å². The number of piperidine rings is 1. The summed E-state index contributed by atoms with van der Waals surface area (Å²) < 4.78 is 27.4. The number of rotatable bonds is 5. The second-order valence-electron chi connectivity index (χ2n) is 8.30. The molecule has 2 heterocycles. The van der Waals surface area contributed by atoms with Crippen LogP contribution in [0.4, 0.5) is 4.79 Å². The minimum Gasteiger partial charge on any atom is -0.463 e. The van der Waals surface area contributed by atoms with Gasteiger partial charge >= 0.3 is 6.09 Å². The van der Waals surface area contributed by atoms with Gasteiger partial charge in [-0.25, -0.2) is 13.2 Å². The molecule has 0 unspecified atom stereocenters. The van der Waals surface area contributed by atoms with Gasteiger partial charge in [-0.1, -0.05) is 23.7 Å². The molecule has 1 aromatic heterocycles. The fourth-order valence-corrected chi connectivity index (χ4v) is 6.71. The molecule has 3 aromatic rings. The second-order valence-corrected chi connectivity index (χ2v) is 11.9. The first kappa shape index (κ1) is 24.4. The molecule has 180 valence electrons. The molecule has 1 N–H and O–H groups in total. The molecule has 2 aromatic carbocycles. The Morgan fingerprint density at radius 3 is 2.53 bits per heavy atom. The van der Waals surface area contributed by atoms with Gasteiger partial charge in [0.2, 0.25) is 5.91 Å². The quantitative estimate of drug-likeness (QED) is 0.545. The van der Waals surface area contributed by atoms with E-state index in [0.29, 0.717) is 22.9 Å². The fraction of sp³-hybridized carbons (Fsp3) is 0.348. The van der Waals surface area contributed by atoms with Crippen molar-refractivity contribution < 1.29 is 23.1 Å². The number of thiazole rings is 1. The lowest BCUT2D eigenvalue weighted by Crippen LogP contribution is -2.38. The topological polar surface area (TPSA) is 109 Å². The van der Waals surface area contributed by atoms with Gasteiger partial charge in [0.25, 0.3) is 0 Å². The lowest BCUT2D eigenvalue weighted by Gasteiger charge is -2.31. The number of benzene rings is 2. The number of likely N-dealkylation sites (tertiary alicyclic amines) is 1. The van der Waals surface area contributed by atoms with Crippen LogP contribution in [0.15, 0.2) is 52.5 Å². The molecule has 0 saturated carbocycles. The minimum atomic E-state index is -3.60. The summed E-state index contributed by atoms with van der Waals surface area (Å²) in [4.78, 5) is 30.5. The molecule has 1 saturated heterocycles. The Bertz CT molecular complexity index is 1420. The summed E-state index contributed by atoms with van der Waals surface area (Å²) in [6.07, 6.45) is 2.06. The van der Waals surface area contributed by atoms with Gasteiger partial charge in [-0.3, -0.25) is 4.79 Å². The van der Waals surface area contributed by atoms with Gasteiger partial charge in [-0.15, -0.1) is 16.3 Å². The summed E-state index contributed by atoms with van der Waals surface area (Å²) in [5.41, 5.74) is 0. The number of amides is 2. The molecule has 1 fully saturated rings. The van der Waals surface area contributed by atoms with Gasteiger partial charge < -0.3 is 14.6 Å². The van der Waals surface area contributed by atoms with Crippen molar-refractivity contribution in [1.82, 2.24) is 9.47 Å². The van der Waals surface area contributed by atoms with E-state index < -0.39 is 15.9 Å². The van der Waals surface area contributed by atoms with Crippen molar-refractivity contribution in [1.29, 1.82) is 0 Å². The van der Waals surface area contributed by atoms with Gasteiger partial charge in [0.05, 0.1) is 10.6 Å². The molecule has 0 atom stereocenters. The maximum atomic E-state index is 12.8. The maximum Gasteiger partial charge on any atom is 0.433 e. The van der Waals surface area contributed by atoms with E-state index in [1.165, 1.54) is 11.3 Å². The zero-order chi connectivity index (χ0) is 24.5. The summed E-state index contributed by atoms with van der Waals surface area (Å²) in [6.45, 7) is 1.07. The van der Waals surface area contributed by atoms with Crippen molar-refractivity contribution in [2.45, 2.75) is 30.1 Å². The monoisotopic (exact) mass is 521 g/mol. The zero-order valence-electron chi connectivity index (χ0n) is 18.5. The predicted octanol–water partition coefficient (Wildman–Crippen LogP) is 4.04. The number of nitrogens with zero attached hydrogens (tertiary/aromatic N) is 3. The third-order valence-corrected chi connectivity index (χ3v) is 9.18. The number of sulfone groups is 1. The van der Waals surface area contributed by atoms with E-state index in [4.69, 9.17) is 16.7 Å². The van der Waals surface area contributed by atoms with Gasteiger partial charge in [0, 0.05) is 42.7 Å². The zero-order valence-corrected chi connectivity index (χ0v) is 20.9. The molecule has 1 aliphatic rings. The first-order chi connectivity index (χ1) is 16.1. The maximum absolute atomic E-state index is 12.8.